The van der Waals surface area contributed by atoms with E-state index in [1.165, 1.54) is 11.6 Å². The monoisotopic (exact) mass is 519 g/mol. The van der Waals surface area contributed by atoms with Gasteiger partial charge in [-0.1, -0.05) is 53.0 Å². The van der Waals surface area contributed by atoms with Gasteiger partial charge in [-0.3, -0.25) is 9.48 Å². The van der Waals surface area contributed by atoms with E-state index in [4.69, 9.17) is 39.5 Å². The van der Waals surface area contributed by atoms with Crippen LogP contribution in [0.2, 0.25) is 15.1 Å². The second kappa shape index (κ2) is 10.7. The number of halogens is 6. The molecule has 0 bridgehead atoms. The number of alkyl halides is 3. The SMILES string of the molecule is Cc1c(Cl)c(C(F)(F)F)nn1CCCNC(=O)c1cccc(COc2cccc(Cl)c2Cl)c1. The highest BCUT2D eigenvalue weighted by molar-refractivity contribution is 6.42. The van der Waals surface area contributed by atoms with Gasteiger partial charge in [-0.2, -0.15) is 18.3 Å². The van der Waals surface area contributed by atoms with E-state index in [0.717, 1.165) is 5.56 Å². The Morgan fingerprint density at radius 2 is 1.85 bits per heavy atom. The van der Waals surface area contributed by atoms with E-state index in [1.807, 2.05) is 0 Å². The lowest BCUT2D eigenvalue weighted by Crippen LogP contribution is -2.25. The first-order valence-electron chi connectivity index (χ1n) is 9.82. The number of aryl methyl sites for hydroxylation is 1. The average Bonchev–Trinajstić information content (AvgIpc) is 3.06. The summed E-state index contributed by atoms with van der Waals surface area (Å²) in [5.74, 6) is 0.116. The number of hydrogen-bond donors (Lipinski definition) is 1. The van der Waals surface area contributed by atoms with Gasteiger partial charge in [-0.05, 0) is 43.2 Å². The van der Waals surface area contributed by atoms with Gasteiger partial charge in [0.25, 0.3) is 5.91 Å². The molecule has 1 aromatic heterocycles. The second-order valence-corrected chi connectivity index (χ2v) is 8.28. The molecule has 2 aromatic carbocycles. The van der Waals surface area contributed by atoms with Crippen molar-refractivity contribution in [3.05, 3.63) is 80.0 Å². The molecule has 33 heavy (non-hydrogen) atoms. The Bertz CT molecular complexity index is 1150. The fourth-order valence-corrected chi connectivity index (χ4v) is 3.60. The van der Waals surface area contributed by atoms with Gasteiger partial charge < -0.3 is 10.1 Å². The third-order valence-electron chi connectivity index (χ3n) is 4.73. The van der Waals surface area contributed by atoms with E-state index in [-0.39, 0.29) is 31.3 Å². The summed E-state index contributed by atoms with van der Waals surface area (Å²) in [5, 5.41) is 6.56. The Kier molecular flexibility index (Phi) is 8.15. The minimum atomic E-state index is -4.62. The molecule has 3 aromatic rings. The maximum absolute atomic E-state index is 12.9. The molecule has 5 nitrogen and oxygen atoms in total. The van der Waals surface area contributed by atoms with E-state index >= 15 is 0 Å². The predicted octanol–water partition coefficient (Wildman–Crippen LogP) is 6.57. The summed E-state index contributed by atoms with van der Waals surface area (Å²) in [4.78, 5) is 12.5. The minimum absolute atomic E-state index is 0.177. The fraction of sp³-hybridized carbons (Fsp3) is 0.273. The van der Waals surface area contributed by atoms with E-state index in [2.05, 4.69) is 10.4 Å². The molecule has 11 heteroatoms. The number of benzene rings is 2. The molecule has 1 N–H and O–H groups in total. The zero-order valence-electron chi connectivity index (χ0n) is 17.3. The van der Waals surface area contributed by atoms with Crippen LogP contribution in [0, 0.1) is 6.92 Å². The van der Waals surface area contributed by atoms with Crippen molar-refractivity contribution in [1.82, 2.24) is 15.1 Å². The quantitative estimate of drug-likeness (QED) is 0.342. The highest BCUT2D eigenvalue weighted by atomic mass is 35.5. The Morgan fingerprint density at radius 3 is 2.55 bits per heavy atom. The first-order chi connectivity index (χ1) is 15.6. The van der Waals surface area contributed by atoms with Gasteiger partial charge in [0.05, 0.1) is 15.7 Å². The molecule has 0 atom stereocenters. The molecule has 0 spiro atoms. The average molecular weight is 521 g/mol. The molecule has 3 rings (SSSR count). The number of hydrogen-bond acceptors (Lipinski definition) is 3. The van der Waals surface area contributed by atoms with Crippen molar-refractivity contribution in [2.75, 3.05) is 6.54 Å². The smallest absolute Gasteiger partial charge is 0.436 e. The van der Waals surface area contributed by atoms with Crippen LogP contribution in [0.25, 0.3) is 0 Å². The van der Waals surface area contributed by atoms with Gasteiger partial charge in [0, 0.05) is 18.7 Å². The number of amides is 1. The van der Waals surface area contributed by atoms with E-state index < -0.39 is 16.9 Å². The van der Waals surface area contributed by atoms with Gasteiger partial charge in [0.2, 0.25) is 0 Å². The Labute approximate surface area is 203 Å². The van der Waals surface area contributed by atoms with Crippen molar-refractivity contribution in [1.29, 1.82) is 0 Å². The molecule has 0 saturated carbocycles. The van der Waals surface area contributed by atoms with Crippen LogP contribution in [0.5, 0.6) is 5.75 Å². The van der Waals surface area contributed by atoms with E-state index in [0.29, 0.717) is 27.8 Å². The number of nitrogens with zero attached hydrogens (tertiary/aromatic N) is 2. The molecule has 0 radical (unpaired) electrons. The van der Waals surface area contributed by atoms with Crippen molar-refractivity contribution in [3.63, 3.8) is 0 Å². The number of ether oxygens (including phenoxy) is 1. The van der Waals surface area contributed by atoms with Crippen molar-refractivity contribution in [2.24, 2.45) is 0 Å². The van der Waals surface area contributed by atoms with Crippen molar-refractivity contribution in [2.45, 2.75) is 32.7 Å². The maximum atomic E-state index is 12.9. The summed E-state index contributed by atoms with van der Waals surface area (Å²) in [6.45, 7) is 2.07. The molecule has 0 saturated heterocycles. The summed E-state index contributed by atoms with van der Waals surface area (Å²) in [6.07, 6.45) is -4.24. The van der Waals surface area contributed by atoms with Gasteiger partial charge in [-0.25, -0.2) is 0 Å². The fourth-order valence-electron chi connectivity index (χ4n) is 3.01. The van der Waals surface area contributed by atoms with Gasteiger partial charge in [0.15, 0.2) is 5.69 Å². The highest BCUT2D eigenvalue weighted by Gasteiger charge is 2.38. The molecule has 0 aliphatic carbocycles. The standard InChI is InChI=1S/C22H19Cl3F3N3O2/c1-13-18(24)20(22(26,27)28)30-31(13)10-4-9-29-21(32)15-6-2-5-14(11-15)12-33-17-8-3-7-16(23)19(17)25/h2-3,5-8,11H,4,9-10,12H2,1H3,(H,29,32). The van der Waals surface area contributed by atoms with Crippen LogP contribution in [-0.4, -0.2) is 22.2 Å². The van der Waals surface area contributed by atoms with Crippen LogP contribution in [0.4, 0.5) is 13.2 Å². The molecule has 0 unspecified atom stereocenters. The zero-order chi connectivity index (χ0) is 24.2. The van der Waals surface area contributed by atoms with Gasteiger partial charge in [-0.15, -0.1) is 0 Å². The van der Waals surface area contributed by atoms with Crippen LogP contribution in [0.3, 0.4) is 0 Å². The highest BCUT2D eigenvalue weighted by Crippen LogP contribution is 2.35. The summed E-state index contributed by atoms with van der Waals surface area (Å²) in [6, 6.07) is 11.9. The lowest BCUT2D eigenvalue weighted by Gasteiger charge is -2.10. The van der Waals surface area contributed by atoms with Crippen molar-refractivity contribution < 1.29 is 22.7 Å². The zero-order valence-corrected chi connectivity index (χ0v) is 19.6. The first-order valence-corrected chi connectivity index (χ1v) is 11.0. The van der Waals surface area contributed by atoms with E-state index in [9.17, 15) is 18.0 Å². The number of aromatic nitrogens is 2. The minimum Gasteiger partial charge on any atom is -0.487 e. The molecule has 0 aliphatic rings. The predicted molar refractivity (Wildman–Crippen MR) is 121 cm³/mol. The Morgan fingerprint density at radius 1 is 1.12 bits per heavy atom. The second-order valence-electron chi connectivity index (χ2n) is 7.12. The Hall–Kier alpha value is -2.42. The summed E-state index contributed by atoms with van der Waals surface area (Å²) < 4.78 is 45.6. The van der Waals surface area contributed by atoms with Gasteiger partial charge >= 0.3 is 6.18 Å². The number of carbonyl (C=O) groups excluding carboxylic acids is 1. The van der Waals surface area contributed by atoms with Gasteiger partial charge in [0.1, 0.15) is 17.4 Å². The van der Waals surface area contributed by atoms with Crippen LogP contribution in [-0.2, 0) is 19.3 Å². The van der Waals surface area contributed by atoms with Crippen LogP contribution < -0.4 is 10.1 Å². The molecular formula is C22H19Cl3F3N3O2. The van der Waals surface area contributed by atoms with Crippen LogP contribution in [0.1, 0.15) is 33.7 Å². The largest absolute Gasteiger partial charge is 0.487 e. The lowest BCUT2D eigenvalue weighted by molar-refractivity contribution is -0.141. The Balaban J connectivity index is 1.53. The van der Waals surface area contributed by atoms with Crippen LogP contribution >= 0.6 is 34.8 Å². The number of rotatable bonds is 8. The number of nitrogens with one attached hydrogen (secondary N) is 1. The van der Waals surface area contributed by atoms with Crippen LogP contribution in [0.15, 0.2) is 42.5 Å². The summed E-state index contributed by atoms with van der Waals surface area (Å²) >= 11 is 17.8. The topological polar surface area (TPSA) is 56.2 Å². The third kappa shape index (κ3) is 6.34. The molecule has 0 fully saturated rings. The molecule has 176 valence electrons. The lowest BCUT2D eigenvalue weighted by atomic mass is 10.1. The normalized spacial score (nSPS) is 11.5. The third-order valence-corrected chi connectivity index (χ3v) is 5.99. The molecule has 0 aliphatic heterocycles. The van der Waals surface area contributed by atoms with E-state index in [1.54, 1.807) is 42.5 Å². The summed E-state index contributed by atoms with van der Waals surface area (Å²) in [5.41, 5.74) is 0.290. The molecule has 1 amide bonds. The van der Waals surface area contributed by atoms with Crippen molar-refractivity contribution in [3.8, 4) is 5.75 Å². The first kappa shape index (κ1) is 25.2. The summed E-state index contributed by atoms with van der Waals surface area (Å²) in [7, 11) is 0. The molecule has 1 heterocycles. The van der Waals surface area contributed by atoms with Crippen molar-refractivity contribution >= 4 is 40.7 Å². The molecular weight excluding hydrogens is 502 g/mol. The maximum Gasteiger partial charge on any atom is 0.436 e. The number of carbonyl (C=O) groups is 1.